The van der Waals surface area contributed by atoms with Gasteiger partial charge in [-0.1, -0.05) is 45.4 Å². The molecule has 1 N–H and O–H groups in total. The van der Waals surface area contributed by atoms with Crippen LogP contribution in [-0.4, -0.2) is 18.3 Å². The Morgan fingerprint density at radius 3 is 2.46 bits per heavy atom. The Hall–Kier alpha value is -1.30. The van der Waals surface area contributed by atoms with E-state index in [4.69, 9.17) is 9.47 Å². The summed E-state index contributed by atoms with van der Waals surface area (Å²) >= 11 is 6.75. The summed E-state index contributed by atoms with van der Waals surface area (Å²) in [4.78, 5) is 0. The maximum absolute atomic E-state index is 9.58. The van der Waals surface area contributed by atoms with Gasteiger partial charge in [0, 0.05) is 26.5 Å². The quantitative estimate of drug-likeness (QED) is 0.549. The zero-order chi connectivity index (χ0) is 16.2. The highest BCUT2D eigenvalue weighted by Crippen LogP contribution is 2.33. The van der Waals surface area contributed by atoms with Gasteiger partial charge in [-0.3, -0.25) is 0 Å². The highest BCUT2D eigenvalue weighted by molar-refractivity contribution is 9.10. The summed E-state index contributed by atoms with van der Waals surface area (Å²) in [6, 6.07) is 11.7. The van der Waals surface area contributed by atoms with Gasteiger partial charge in [0.1, 0.15) is 18.1 Å². The van der Waals surface area contributed by atoms with E-state index < -0.39 is 0 Å². The summed E-state index contributed by atoms with van der Waals surface area (Å²) in [7, 11) is 0. The van der Waals surface area contributed by atoms with Crippen molar-refractivity contribution in [1.29, 1.82) is 0 Å². The lowest BCUT2D eigenvalue weighted by atomic mass is 10.0. The highest BCUT2D eigenvalue weighted by atomic mass is 79.9. The molecular formula is C19H20Br2O3. The first-order valence-electron chi connectivity index (χ1n) is 7.33. The third-order valence-electron chi connectivity index (χ3n) is 3.58. The molecule has 5 heteroatoms. The third-order valence-corrected chi connectivity index (χ3v) is 4.57. The monoisotopic (exact) mass is 454 g/mol. The van der Waals surface area contributed by atoms with Crippen molar-refractivity contribution in [2.45, 2.75) is 20.0 Å². The first-order valence-corrected chi connectivity index (χ1v) is 8.91. The number of aliphatic hydroxyl groups excluding tert-OH is 1. The Morgan fingerprint density at radius 2 is 1.67 bits per heavy atom. The number of hydrogen-bond donors (Lipinski definition) is 1. The molecule has 0 saturated carbocycles. The number of benzene rings is 2. The molecule has 1 unspecified atom stereocenters. The molecule has 0 aromatic heterocycles. The topological polar surface area (TPSA) is 38.7 Å². The van der Waals surface area contributed by atoms with Crippen molar-refractivity contribution in [1.82, 2.24) is 0 Å². The molecule has 0 saturated heterocycles. The van der Waals surface area contributed by atoms with E-state index in [1.165, 1.54) is 0 Å². The molecule has 0 bridgehead atoms. The summed E-state index contributed by atoms with van der Waals surface area (Å²) in [5.41, 5.74) is 2.03. The van der Waals surface area contributed by atoms with Crippen LogP contribution in [-0.2, 0) is 0 Å². The molecule has 1 atom stereocenters. The predicted octanol–water partition coefficient (Wildman–Crippen LogP) is 5.76. The summed E-state index contributed by atoms with van der Waals surface area (Å²) in [6.07, 6.45) is 4.40. The molecule has 2 aromatic rings. The molecule has 24 heavy (non-hydrogen) atoms. The minimum atomic E-state index is -0.369. The average Bonchev–Trinajstić information content (AvgIpc) is 2.56. The van der Waals surface area contributed by atoms with Crippen LogP contribution in [0.25, 0.3) is 6.08 Å². The Bertz CT molecular complexity index is 729. The molecule has 0 spiro atoms. The second-order valence-corrected chi connectivity index (χ2v) is 7.06. The van der Waals surface area contributed by atoms with Crippen LogP contribution in [0.3, 0.4) is 0 Å². The van der Waals surface area contributed by atoms with Crippen LogP contribution >= 0.6 is 31.9 Å². The van der Waals surface area contributed by atoms with Crippen molar-refractivity contribution in [2.75, 3.05) is 13.2 Å². The highest BCUT2D eigenvalue weighted by Gasteiger charge is 2.18. The van der Waals surface area contributed by atoms with Gasteiger partial charge in [-0.05, 0) is 42.5 Å². The fourth-order valence-electron chi connectivity index (χ4n) is 2.44. The van der Waals surface area contributed by atoms with Gasteiger partial charge in [-0.25, -0.2) is 0 Å². The summed E-state index contributed by atoms with van der Waals surface area (Å²) in [5.74, 6) is 1.77. The summed E-state index contributed by atoms with van der Waals surface area (Å²) in [5, 5.41) is 9.58. The van der Waals surface area contributed by atoms with Crippen LogP contribution in [0.4, 0.5) is 0 Å². The van der Waals surface area contributed by atoms with Crippen molar-refractivity contribution in [3.8, 4) is 11.5 Å². The maximum Gasteiger partial charge on any atom is 0.127 e. The van der Waals surface area contributed by atoms with Crippen LogP contribution in [0, 0.1) is 0 Å². The number of aliphatic hydroxyl groups is 1. The molecule has 0 aliphatic carbocycles. The van der Waals surface area contributed by atoms with Crippen molar-refractivity contribution >= 4 is 37.9 Å². The molecule has 0 radical (unpaired) electrons. The zero-order valence-electron chi connectivity index (χ0n) is 12.3. The van der Waals surface area contributed by atoms with Gasteiger partial charge in [-0.15, -0.1) is 0 Å². The average molecular weight is 456 g/mol. The van der Waals surface area contributed by atoms with Crippen molar-refractivity contribution in [3.05, 3.63) is 62.5 Å². The Labute approximate surface area is 159 Å². The second kappa shape index (κ2) is 8.70. The van der Waals surface area contributed by atoms with Crippen LogP contribution in [0.1, 0.15) is 31.1 Å². The van der Waals surface area contributed by atoms with Crippen LogP contribution in [0.2, 0.25) is 0 Å². The smallest absolute Gasteiger partial charge is 0.127 e. The van der Waals surface area contributed by atoms with Gasteiger partial charge in [0.05, 0.1) is 12.7 Å². The van der Waals surface area contributed by atoms with E-state index in [0.29, 0.717) is 19.6 Å². The zero-order valence-corrected chi connectivity index (χ0v) is 15.5. The molecular weight excluding hydrogens is 436 g/mol. The molecule has 2 aromatic carbocycles. The van der Waals surface area contributed by atoms with E-state index in [-0.39, 0.29) is 13.5 Å². The molecule has 3 nitrogen and oxygen atoms in total. The number of halogens is 2. The van der Waals surface area contributed by atoms with E-state index in [1.807, 2.05) is 42.5 Å². The molecule has 2 aliphatic rings. The normalized spacial score (nSPS) is 17.0. The van der Waals surface area contributed by atoms with Crippen molar-refractivity contribution in [2.24, 2.45) is 0 Å². The second-order valence-electron chi connectivity index (χ2n) is 5.23. The lowest BCUT2D eigenvalue weighted by Crippen LogP contribution is -2.13. The van der Waals surface area contributed by atoms with Crippen LogP contribution in [0.15, 0.2) is 51.4 Å². The third kappa shape index (κ3) is 4.62. The van der Waals surface area contributed by atoms with Gasteiger partial charge < -0.3 is 14.6 Å². The van der Waals surface area contributed by atoms with E-state index in [1.54, 1.807) is 0 Å². The summed E-state index contributed by atoms with van der Waals surface area (Å²) in [6.45, 7) is 1.30. The molecule has 2 heterocycles. The lowest BCUT2D eigenvalue weighted by Gasteiger charge is -2.21. The Morgan fingerprint density at radius 1 is 0.958 bits per heavy atom. The summed E-state index contributed by atoms with van der Waals surface area (Å²) < 4.78 is 12.8. The van der Waals surface area contributed by atoms with Gasteiger partial charge in [0.2, 0.25) is 0 Å². The van der Waals surface area contributed by atoms with E-state index in [9.17, 15) is 5.11 Å². The fourth-order valence-corrected chi connectivity index (χ4v) is 3.20. The van der Waals surface area contributed by atoms with Gasteiger partial charge in [0.25, 0.3) is 0 Å². The number of ether oxygens (including phenoxy) is 2. The lowest BCUT2D eigenvalue weighted by molar-refractivity contribution is 0.115. The van der Waals surface area contributed by atoms with Crippen LogP contribution in [0.5, 0.6) is 11.5 Å². The van der Waals surface area contributed by atoms with E-state index >= 15 is 0 Å². The first kappa shape index (κ1) is 19.0. The van der Waals surface area contributed by atoms with Gasteiger partial charge >= 0.3 is 0 Å². The maximum atomic E-state index is 9.58. The predicted molar refractivity (Wildman–Crippen MR) is 105 cm³/mol. The molecule has 0 amide bonds. The number of rotatable bonds is 0. The largest absolute Gasteiger partial charge is 0.493 e. The fraction of sp³-hybridized carbons (Fsp3) is 0.263. The molecule has 2 aliphatic heterocycles. The minimum absolute atomic E-state index is 0. The molecule has 128 valence electrons. The number of fused-ring (bicyclic) bond motifs is 2. The Balaban J connectivity index is 0.000000167. The standard InChI is InChI=1S/C9H9BrO2.C9H7BrO.CH4/c10-6-1-2-9-7(5-6)8(11)3-4-12-9;10-8-3-4-9-7(6-8)2-1-5-11-9;/h1-2,5,8,11H,3-4H2;1-4,6H,5H2;1H4. The van der Waals surface area contributed by atoms with E-state index in [2.05, 4.69) is 37.9 Å². The SMILES string of the molecule is Brc1ccc2c(c1)C=CCO2.C.OC1CCOc2ccc(Br)cc21. The van der Waals surface area contributed by atoms with Crippen molar-refractivity contribution < 1.29 is 14.6 Å². The molecule has 0 fully saturated rings. The van der Waals surface area contributed by atoms with Gasteiger partial charge in [0.15, 0.2) is 0 Å². The van der Waals surface area contributed by atoms with Crippen molar-refractivity contribution in [3.63, 3.8) is 0 Å². The van der Waals surface area contributed by atoms with Gasteiger partial charge in [-0.2, -0.15) is 0 Å². The molecule has 4 rings (SSSR count). The van der Waals surface area contributed by atoms with E-state index in [0.717, 1.165) is 31.6 Å². The Kier molecular flexibility index (Phi) is 6.90. The number of hydrogen-bond acceptors (Lipinski definition) is 3. The minimum Gasteiger partial charge on any atom is -0.493 e. The first-order chi connectivity index (χ1) is 11.1. The van der Waals surface area contributed by atoms with Crippen LogP contribution < -0.4 is 9.47 Å².